The van der Waals surface area contributed by atoms with Gasteiger partial charge in [-0.2, -0.15) is 5.10 Å². The number of rotatable bonds is 3. The van der Waals surface area contributed by atoms with Crippen molar-refractivity contribution in [3.05, 3.63) is 35.7 Å². The van der Waals surface area contributed by atoms with Gasteiger partial charge in [0.05, 0.1) is 13.3 Å². The number of hydrogen-bond acceptors (Lipinski definition) is 3. The minimum atomic E-state index is -0.988. The Morgan fingerprint density at radius 1 is 1.44 bits per heavy atom. The van der Waals surface area contributed by atoms with Gasteiger partial charge in [-0.3, -0.25) is 4.68 Å². The monoisotopic (exact) mass is 246 g/mol. The average molecular weight is 246 g/mol. The van der Waals surface area contributed by atoms with E-state index in [-0.39, 0.29) is 5.69 Å². The molecule has 5 nitrogen and oxygen atoms in total. The molecule has 2 rings (SSSR count). The zero-order valence-electron chi connectivity index (χ0n) is 10.5. The maximum atomic E-state index is 11.2. The molecule has 0 radical (unpaired) electrons. The van der Waals surface area contributed by atoms with Gasteiger partial charge in [0.25, 0.3) is 0 Å². The summed E-state index contributed by atoms with van der Waals surface area (Å²) in [4.78, 5) is 11.2. The number of nitrogens with zero attached hydrogens (tertiary/aromatic N) is 2. The Morgan fingerprint density at radius 2 is 2.17 bits per heavy atom. The van der Waals surface area contributed by atoms with E-state index < -0.39 is 5.97 Å². The normalized spacial score (nSPS) is 10.4. The number of benzene rings is 1. The summed E-state index contributed by atoms with van der Waals surface area (Å²) in [7, 11) is 3.22. The van der Waals surface area contributed by atoms with Crippen LogP contribution in [0.15, 0.2) is 24.4 Å². The average Bonchev–Trinajstić information content (AvgIpc) is 2.71. The number of aromatic carboxylic acids is 1. The Balaban J connectivity index is 2.56. The third-order valence-corrected chi connectivity index (χ3v) is 2.85. The number of carboxylic acid groups (broad SMARTS) is 1. The summed E-state index contributed by atoms with van der Waals surface area (Å²) < 4.78 is 6.54. The summed E-state index contributed by atoms with van der Waals surface area (Å²) in [5.41, 5.74) is 2.56. The molecule has 0 aliphatic heterocycles. The van der Waals surface area contributed by atoms with Gasteiger partial charge in [-0.1, -0.05) is 6.07 Å². The molecule has 0 atom stereocenters. The first-order valence-corrected chi connectivity index (χ1v) is 5.45. The number of ether oxygens (including phenoxy) is 1. The fraction of sp³-hybridized carbons (Fsp3) is 0.231. The lowest BCUT2D eigenvalue weighted by molar-refractivity contribution is 0.0686. The molecule has 0 unspecified atom stereocenters. The van der Waals surface area contributed by atoms with E-state index in [1.165, 1.54) is 4.68 Å². The molecule has 0 saturated carbocycles. The van der Waals surface area contributed by atoms with Crippen LogP contribution in [0.25, 0.3) is 11.1 Å². The minimum Gasteiger partial charge on any atom is -0.496 e. The predicted octanol–water partition coefficient (Wildman–Crippen LogP) is 2.10. The molecule has 1 aromatic carbocycles. The molecule has 94 valence electrons. The number of aromatic nitrogens is 2. The molecule has 0 spiro atoms. The quantitative estimate of drug-likeness (QED) is 0.900. The summed E-state index contributed by atoms with van der Waals surface area (Å²) in [6.45, 7) is 1.92. The Labute approximate surface area is 105 Å². The van der Waals surface area contributed by atoms with Crippen LogP contribution in [0.3, 0.4) is 0 Å². The molecule has 0 aliphatic rings. The summed E-state index contributed by atoms with van der Waals surface area (Å²) in [6.07, 6.45) is 1.56. The molecule has 0 fully saturated rings. The van der Waals surface area contributed by atoms with Gasteiger partial charge in [0.15, 0.2) is 5.69 Å². The van der Waals surface area contributed by atoms with Gasteiger partial charge in [0.2, 0.25) is 0 Å². The van der Waals surface area contributed by atoms with E-state index >= 15 is 0 Å². The molecular weight excluding hydrogens is 232 g/mol. The van der Waals surface area contributed by atoms with E-state index in [4.69, 9.17) is 4.74 Å². The van der Waals surface area contributed by atoms with Crippen LogP contribution >= 0.6 is 0 Å². The zero-order valence-corrected chi connectivity index (χ0v) is 10.5. The predicted molar refractivity (Wildman–Crippen MR) is 66.9 cm³/mol. The first-order valence-electron chi connectivity index (χ1n) is 5.45. The second kappa shape index (κ2) is 4.52. The molecule has 18 heavy (non-hydrogen) atoms. The summed E-state index contributed by atoms with van der Waals surface area (Å²) in [6, 6.07) is 5.54. The first kappa shape index (κ1) is 12.2. The van der Waals surface area contributed by atoms with Gasteiger partial charge in [-0.05, 0) is 30.2 Å². The molecular formula is C13H14N2O3. The van der Waals surface area contributed by atoms with E-state index in [1.54, 1.807) is 20.4 Å². The van der Waals surface area contributed by atoms with Gasteiger partial charge >= 0.3 is 5.97 Å². The van der Waals surface area contributed by atoms with Gasteiger partial charge in [0, 0.05) is 12.6 Å². The van der Waals surface area contributed by atoms with Crippen molar-refractivity contribution in [2.45, 2.75) is 6.92 Å². The van der Waals surface area contributed by atoms with Crippen LogP contribution in [0.4, 0.5) is 0 Å². The highest BCUT2D eigenvalue weighted by atomic mass is 16.5. The van der Waals surface area contributed by atoms with Crippen molar-refractivity contribution in [1.82, 2.24) is 9.78 Å². The summed E-state index contributed by atoms with van der Waals surface area (Å²) >= 11 is 0. The van der Waals surface area contributed by atoms with Crippen LogP contribution in [0.5, 0.6) is 5.75 Å². The summed E-state index contributed by atoms with van der Waals surface area (Å²) in [5.74, 6) is -0.210. The third-order valence-electron chi connectivity index (χ3n) is 2.85. The van der Waals surface area contributed by atoms with Crippen molar-refractivity contribution in [2.24, 2.45) is 7.05 Å². The molecule has 5 heteroatoms. The van der Waals surface area contributed by atoms with Gasteiger partial charge in [-0.25, -0.2) is 4.79 Å². The Kier molecular flexibility index (Phi) is 3.06. The maximum absolute atomic E-state index is 11.2. The highest BCUT2D eigenvalue weighted by molar-refractivity contribution is 5.94. The standard InChI is InChI=1S/C13H14N2O3/c1-8-6-9(4-5-11(8)18-3)10-7-14-15(2)12(10)13(16)17/h4-7H,1-3H3,(H,16,17). The molecule has 0 bridgehead atoms. The molecule has 0 saturated heterocycles. The molecule has 2 aromatic rings. The lowest BCUT2D eigenvalue weighted by Crippen LogP contribution is -2.06. The number of methoxy groups -OCH3 is 1. The number of carbonyl (C=O) groups is 1. The van der Waals surface area contributed by atoms with Gasteiger partial charge in [0.1, 0.15) is 5.75 Å². The van der Waals surface area contributed by atoms with Crippen molar-refractivity contribution in [1.29, 1.82) is 0 Å². The van der Waals surface area contributed by atoms with Crippen molar-refractivity contribution in [3.63, 3.8) is 0 Å². The van der Waals surface area contributed by atoms with Crippen LogP contribution in [-0.4, -0.2) is 28.0 Å². The van der Waals surface area contributed by atoms with Crippen LogP contribution < -0.4 is 4.74 Å². The summed E-state index contributed by atoms with van der Waals surface area (Å²) in [5, 5.41) is 13.2. The highest BCUT2D eigenvalue weighted by Crippen LogP contribution is 2.28. The fourth-order valence-corrected chi connectivity index (χ4v) is 1.95. The van der Waals surface area contributed by atoms with Crippen LogP contribution in [0.2, 0.25) is 0 Å². The second-order valence-electron chi connectivity index (χ2n) is 4.02. The SMILES string of the molecule is COc1ccc(-c2cnn(C)c2C(=O)O)cc1C. The van der Waals surface area contributed by atoms with Crippen molar-refractivity contribution < 1.29 is 14.6 Å². The number of carboxylic acids is 1. The fourth-order valence-electron chi connectivity index (χ4n) is 1.95. The van der Waals surface area contributed by atoms with E-state index in [0.717, 1.165) is 16.9 Å². The van der Waals surface area contributed by atoms with Crippen molar-refractivity contribution in [3.8, 4) is 16.9 Å². The smallest absolute Gasteiger partial charge is 0.354 e. The maximum Gasteiger partial charge on any atom is 0.354 e. The van der Waals surface area contributed by atoms with Crippen molar-refractivity contribution >= 4 is 5.97 Å². The van der Waals surface area contributed by atoms with Crippen LogP contribution in [0.1, 0.15) is 16.1 Å². The molecule has 1 aromatic heterocycles. The Hall–Kier alpha value is -2.30. The lowest BCUT2D eigenvalue weighted by Gasteiger charge is -2.07. The second-order valence-corrected chi connectivity index (χ2v) is 4.02. The topological polar surface area (TPSA) is 64.4 Å². The van der Waals surface area contributed by atoms with Gasteiger partial charge < -0.3 is 9.84 Å². The third kappa shape index (κ3) is 1.95. The number of aryl methyl sites for hydroxylation is 2. The molecule has 1 N–H and O–H groups in total. The van der Waals surface area contributed by atoms with Crippen molar-refractivity contribution in [2.75, 3.05) is 7.11 Å². The van der Waals surface area contributed by atoms with Crippen LogP contribution in [0, 0.1) is 6.92 Å². The van der Waals surface area contributed by atoms with E-state index in [9.17, 15) is 9.90 Å². The number of hydrogen-bond donors (Lipinski definition) is 1. The van der Waals surface area contributed by atoms with E-state index in [0.29, 0.717) is 5.56 Å². The van der Waals surface area contributed by atoms with E-state index in [1.807, 2.05) is 25.1 Å². The highest BCUT2D eigenvalue weighted by Gasteiger charge is 2.17. The zero-order chi connectivity index (χ0) is 13.3. The lowest BCUT2D eigenvalue weighted by atomic mass is 10.0. The Bertz CT molecular complexity index is 602. The van der Waals surface area contributed by atoms with Gasteiger partial charge in [-0.15, -0.1) is 0 Å². The molecule has 0 aliphatic carbocycles. The molecule has 0 amide bonds. The van der Waals surface area contributed by atoms with E-state index in [2.05, 4.69) is 5.10 Å². The van der Waals surface area contributed by atoms with Crippen LogP contribution in [-0.2, 0) is 7.05 Å². The minimum absolute atomic E-state index is 0.180. The Morgan fingerprint density at radius 3 is 2.72 bits per heavy atom. The first-order chi connectivity index (χ1) is 8.54. The molecule has 1 heterocycles. The largest absolute Gasteiger partial charge is 0.496 e.